The van der Waals surface area contributed by atoms with Gasteiger partial charge in [0.05, 0.1) is 5.75 Å². The Bertz CT molecular complexity index is 248. The van der Waals surface area contributed by atoms with Crippen molar-refractivity contribution in [3.05, 3.63) is 0 Å². The molecule has 1 N–H and O–H groups in total. The molecule has 0 unspecified atom stereocenters. The largest absolute Gasteiger partial charge is 0.316 e. The van der Waals surface area contributed by atoms with Gasteiger partial charge in [0.25, 0.3) is 0 Å². The standard InChI is InChI=1S/C8H18N2O2S2/c1-2-9-3-8-14(11,12)10-4-6-13-7-5-10/h9H,2-8H2,1H3. The van der Waals surface area contributed by atoms with Gasteiger partial charge in [-0.2, -0.15) is 11.8 Å². The number of rotatable bonds is 5. The maximum Gasteiger partial charge on any atom is 0.215 e. The fraction of sp³-hybridized carbons (Fsp3) is 1.00. The van der Waals surface area contributed by atoms with Crippen LogP contribution in [0.5, 0.6) is 0 Å². The van der Waals surface area contributed by atoms with Crippen LogP contribution >= 0.6 is 11.8 Å². The second-order valence-corrected chi connectivity index (χ2v) is 6.49. The SMILES string of the molecule is CCNCCS(=O)(=O)N1CCSCC1. The lowest BCUT2D eigenvalue weighted by Crippen LogP contribution is -2.41. The smallest absolute Gasteiger partial charge is 0.215 e. The molecule has 0 aromatic heterocycles. The van der Waals surface area contributed by atoms with Gasteiger partial charge in [-0.15, -0.1) is 0 Å². The van der Waals surface area contributed by atoms with Crippen LogP contribution < -0.4 is 5.32 Å². The van der Waals surface area contributed by atoms with Crippen LogP contribution in [0.25, 0.3) is 0 Å². The van der Waals surface area contributed by atoms with E-state index in [0.29, 0.717) is 19.6 Å². The third-order valence-electron chi connectivity index (χ3n) is 2.15. The normalized spacial score (nSPS) is 19.8. The number of nitrogens with zero attached hydrogens (tertiary/aromatic N) is 1. The average Bonchev–Trinajstić information content (AvgIpc) is 2.19. The van der Waals surface area contributed by atoms with Gasteiger partial charge in [0.2, 0.25) is 10.0 Å². The molecule has 0 aliphatic carbocycles. The molecule has 6 heteroatoms. The van der Waals surface area contributed by atoms with Gasteiger partial charge in [-0.05, 0) is 6.54 Å². The third-order valence-corrected chi connectivity index (χ3v) is 4.96. The zero-order valence-corrected chi connectivity index (χ0v) is 10.2. The van der Waals surface area contributed by atoms with Gasteiger partial charge in [-0.25, -0.2) is 12.7 Å². The highest BCUT2D eigenvalue weighted by atomic mass is 32.2. The maximum atomic E-state index is 11.7. The molecular weight excluding hydrogens is 220 g/mol. The molecule has 1 rings (SSSR count). The Kier molecular flexibility index (Phi) is 5.22. The molecule has 0 spiro atoms. The fourth-order valence-corrected chi connectivity index (χ4v) is 3.87. The Labute approximate surface area is 90.5 Å². The molecule has 0 aromatic rings. The van der Waals surface area contributed by atoms with E-state index < -0.39 is 10.0 Å². The van der Waals surface area contributed by atoms with Gasteiger partial charge in [0, 0.05) is 31.1 Å². The monoisotopic (exact) mass is 238 g/mol. The van der Waals surface area contributed by atoms with Crippen LogP contribution in [0, 0.1) is 0 Å². The Morgan fingerprint density at radius 1 is 1.36 bits per heavy atom. The number of hydrogen-bond donors (Lipinski definition) is 1. The van der Waals surface area contributed by atoms with Gasteiger partial charge in [-0.3, -0.25) is 0 Å². The molecule has 1 fully saturated rings. The highest BCUT2D eigenvalue weighted by Gasteiger charge is 2.23. The molecule has 1 aliphatic rings. The molecule has 1 aliphatic heterocycles. The highest BCUT2D eigenvalue weighted by molar-refractivity contribution is 7.99. The maximum absolute atomic E-state index is 11.7. The van der Waals surface area contributed by atoms with Crippen LogP contribution in [0.1, 0.15) is 6.92 Å². The van der Waals surface area contributed by atoms with Crippen LogP contribution in [0.15, 0.2) is 0 Å². The third kappa shape index (κ3) is 3.76. The molecule has 0 radical (unpaired) electrons. The zero-order chi connectivity index (χ0) is 10.4. The Morgan fingerprint density at radius 3 is 2.57 bits per heavy atom. The minimum absolute atomic E-state index is 0.228. The van der Waals surface area contributed by atoms with Crippen molar-refractivity contribution in [3.8, 4) is 0 Å². The average molecular weight is 238 g/mol. The van der Waals surface area contributed by atoms with Gasteiger partial charge >= 0.3 is 0 Å². The lowest BCUT2D eigenvalue weighted by molar-refractivity contribution is 0.442. The van der Waals surface area contributed by atoms with Crippen molar-refractivity contribution in [1.82, 2.24) is 9.62 Å². The van der Waals surface area contributed by atoms with Gasteiger partial charge in [0.15, 0.2) is 0 Å². The molecule has 1 saturated heterocycles. The molecule has 0 bridgehead atoms. The zero-order valence-electron chi connectivity index (χ0n) is 8.53. The molecule has 4 nitrogen and oxygen atoms in total. The highest BCUT2D eigenvalue weighted by Crippen LogP contribution is 2.12. The van der Waals surface area contributed by atoms with Crippen molar-refractivity contribution in [1.29, 1.82) is 0 Å². The van der Waals surface area contributed by atoms with E-state index in [2.05, 4.69) is 5.32 Å². The second kappa shape index (κ2) is 5.95. The van der Waals surface area contributed by atoms with E-state index >= 15 is 0 Å². The summed E-state index contributed by atoms with van der Waals surface area (Å²) in [6.45, 7) is 4.72. The van der Waals surface area contributed by atoms with Crippen LogP contribution in [0.2, 0.25) is 0 Å². The summed E-state index contributed by atoms with van der Waals surface area (Å²) >= 11 is 1.82. The number of thioether (sulfide) groups is 1. The predicted molar refractivity (Wildman–Crippen MR) is 61.2 cm³/mol. The Balaban J connectivity index is 2.38. The van der Waals surface area contributed by atoms with Crippen molar-refractivity contribution in [2.45, 2.75) is 6.92 Å². The summed E-state index contributed by atoms with van der Waals surface area (Å²) < 4.78 is 25.1. The van der Waals surface area contributed by atoms with E-state index in [4.69, 9.17) is 0 Å². The van der Waals surface area contributed by atoms with Crippen molar-refractivity contribution >= 4 is 21.8 Å². The summed E-state index contributed by atoms with van der Waals surface area (Å²) in [5.74, 6) is 2.09. The van der Waals surface area contributed by atoms with E-state index in [9.17, 15) is 8.42 Å². The van der Waals surface area contributed by atoms with Crippen molar-refractivity contribution in [2.75, 3.05) is 43.4 Å². The number of nitrogens with one attached hydrogen (secondary N) is 1. The van der Waals surface area contributed by atoms with Gasteiger partial charge in [-0.1, -0.05) is 6.92 Å². The lowest BCUT2D eigenvalue weighted by atomic mass is 10.6. The minimum atomic E-state index is -3.00. The molecular formula is C8H18N2O2S2. The van der Waals surface area contributed by atoms with E-state index in [0.717, 1.165) is 18.1 Å². The number of hydrogen-bond acceptors (Lipinski definition) is 4. The molecule has 1 heterocycles. The lowest BCUT2D eigenvalue weighted by Gasteiger charge is -2.25. The van der Waals surface area contributed by atoms with Crippen molar-refractivity contribution in [2.24, 2.45) is 0 Å². The Hall–Kier alpha value is 0.220. The van der Waals surface area contributed by atoms with Crippen LogP contribution in [-0.4, -0.2) is 56.2 Å². The van der Waals surface area contributed by atoms with Crippen LogP contribution in [0.3, 0.4) is 0 Å². The van der Waals surface area contributed by atoms with Crippen molar-refractivity contribution < 1.29 is 8.42 Å². The molecule has 0 saturated carbocycles. The van der Waals surface area contributed by atoms with Crippen LogP contribution in [-0.2, 0) is 10.0 Å². The quantitative estimate of drug-likeness (QED) is 0.684. The van der Waals surface area contributed by atoms with E-state index in [1.165, 1.54) is 0 Å². The van der Waals surface area contributed by atoms with Gasteiger partial charge < -0.3 is 5.32 Å². The first kappa shape index (κ1) is 12.3. The molecule has 84 valence electrons. The van der Waals surface area contributed by atoms with Gasteiger partial charge in [0.1, 0.15) is 0 Å². The first-order valence-electron chi connectivity index (χ1n) is 4.93. The minimum Gasteiger partial charge on any atom is -0.316 e. The number of sulfonamides is 1. The summed E-state index contributed by atoms with van der Waals surface area (Å²) in [7, 11) is -3.00. The first-order chi connectivity index (χ1) is 6.67. The van der Waals surface area contributed by atoms with Crippen LogP contribution in [0.4, 0.5) is 0 Å². The summed E-state index contributed by atoms with van der Waals surface area (Å²) in [4.78, 5) is 0. The molecule has 14 heavy (non-hydrogen) atoms. The predicted octanol–water partition coefficient (Wildman–Crippen LogP) is -0.0255. The van der Waals surface area contributed by atoms with E-state index in [1.807, 2.05) is 18.7 Å². The van der Waals surface area contributed by atoms with E-state index in [-0.39, 0.29) is 5.75 Å². The molecule has 0 aromatic carbocycles. The summed E-state index contributed by atoms with van der Waals surface area (Å²) in [5.41, 5.74) is 0. The van der Waals surface area contributed by atoms with Crippen molar-refractivity contribution in [3.63, 3.8) is 0 Å². The second-order valence-electron chi connectivity index (χ2n) is 3.18. The fourth-order valence-electron chi connectivity index (χ4n) is 1.33. The summed E-state index contributed by atoms with van der Waals surface area (Å²) in [6.07, 6.45) is 0. The first-order valence-corrected chi connectivity index (χ1v) is 7.69. The molecule has 0 amide bonds. The topological polar surface area (TPSA) is 49.4 Å². The Morgan fingerprint density at radius 2 is 2.00 bits per heavy atom. The van der Waals surface area contributed by atoms with E-state index in [1.54, 1.807) is 4.31 Å². The molecule has 0 atom stereocenters. The summed E-state index contributed by atoms with van der Waals surface area (Å²) in [6, 6.07) is 0. The summed E-state index contributed by atoms with van der Waals surface area (Å²) in [5, 5.41) is 3.03.